The molecule has 2 heterocycles. The first-order valence-electron chi connectivity index (χ1n) is 7.82. The second kappa shape index (κ2) is 4.13. The Labute approximate surface area is 134 Å². The van der Waals surface area contributed by atoms with E-state index in [9.17, 15) is 0 Å². The zero-order chi connectivity index (χ0) is 15.6. The molecule has 1 aliphatic rings. The van der Waals surface area contributed by atoms with Crippen LogP contribution < -0.4 is 0 Å². The van der Waals surface area contributed by atoms with Gasteiger partial charge in [0.05, 0.1) is 11.4 Å². The molecule has 0 saturated heterocycles. The van der Waals surface area contributed by atoms with Gasteiger partial charge in [-0.15, -0.1) is 0 Å². The van der Waals surface area contributed by atoms with Crippen LogP contribution in [0.25, 0.3) is 33.2 Å². The summed E-state index contributed by atoms with van der Waals surface area (Å²) in [6, 6.07) is 16.8. The predicted molar refractivity (Wildman–Crippen MR) is 92.4 cm³/mol. The first kappa shape index (κ1) is 12.7. The highest BCUT2D eigenvalue weighted by molar-refractivity contribution is 6.01. The van der Waals surface area contributed by atoms with Crippen molar-refractivity contribution in [1.29, 1.82) is 0 Å². The molecule has 110 valence electrons. The fourth-order valence-electron chi connectivity index (χ4n) is 3.68. The third-order valence-electron chi connectivity index (χ3n) is 4.87. The van der Waals surface area contributed by atoms with E-state index in [1.807, 2.05) is 12.1 Å². The summed E-state index contributed by atoms with van der Waals surface area (Å²) in [5, 5.41) is 2.47. The summed E-state index contributed by atoms with van der Waals surface area (Å²) < 4.78 is 0. The highest BCUT2D eigenvalue weighted by Gasteiger charge is 2.39. The number of aromatic nitrogens is 3. The van der Waals surface area contributed by atoms with Crippen LogP contribution in [0.4, 0.5) is 0 Å². The van der Waals surface area contributed by atoms with E-state index in [2.05, 4.69) is 55.2 Å². The van der Waals surface area contributed by atoms with Crippen molar-refractivity contribution in [1.82, 2.24) is 15.0 Å². The molecule has 0 saturated carbocycles. The van der Waals surface area contributed by atoms with Gasteiger partial charge < -0.3 is 0 Å². The van der Waals surface area contributed by atoms with Gasteiger partial charge in [0.15, 0.2) is 5.65 Å². The minimum atomic E-state index is -0.147. The molecule has 0 fully saturated rings. The number of hydrogen-bond acceptors (Lipinski definition) is 3. The highest BCUT2D eigenvalue weighted by Crippen LogP contribution is 2.49. The van der Waals surface area contributed by atoms with E-state index in [0.29, 0.717) is 5.65 Å². The molecule has 4 aromatic rings. The van der Waals surface area contributed by atoms with E-state index in [1.54, 1.807) is 6.20 Å². The van der Waals surface area contributed by atoms with Crippen LogP contribution in [0.3, 0.4) is 0 Å². The van der Waals surface area contributed by atoms with Crippen molar-refractivity contribution in [2.75, 3.05) is 0 Å². The van der Waals surface area contributed by atoms with E-state index in [-0.39, 0.29) is 5.41 Å². The number of nitrogens with zero attached hydrogens (tertiary/aromatic N) is 3. The molecule has 0 radical (unpaired) electrons. The van der Waals surface area contributed by atoms with Crippen molar-refractivity contribution in [3.63, 3.8) is 0 Å². The van der Waals surface area contributed by atoms with Gasteiger partial charge in [-0.05, 0) is 28.5 Å². The minimum absolute atomic E-state index is 0.147. The van der Waals surface area contributed by atoms with Gasteiger partial charge in [-0.3, -0.25) is 0 Å². The molecule has 0 bridgehead atoms. The molecule has 3 heteroatoms. The van der Waals surface area contributed by atoms with E-state index >= 15 is 0 Å². The third kappa shape index (κ3) is 1.57. The molecule has 2 aromatic carbocycles. The second-order valence-electron chi connectivity index (χ2n) is 6.60. The molecule has 0 spiro atoms. The molecule has 23 heavy (non-hydrogen) atoms. The van der Waals surface area contributed by atoms with Crippen molar-refractivity contribution >= 4 is 21.9 Å². The summed E-state index contributed by atoms with van der Waals surface area (Å²) in [6.07, 6.45) is 1.77. The molecule has 5 rings (SSSR count). The first-order chi connectivity index (χ1) is 11.2. The van der Waals surface area contributed by atoms with Crippen molar-refractivity contribution < 1.29 is 0 Å². The molecule has 0 N–H and O–H groups in total. The molecule has 3 nitrogen and oxygen atoms in total. The van der Waals surface area contributed by atoms with Gasteiger partial charge in [-0.1, -0.05) is 50.2 Å². The summed E-state index contributed by atoms with van der Waals surface area (Å²) in [7, 11) is 0. The highest BCUT2D eigenvalue weighted by atomic mass is 14.9. The van der Waals surface area contributed by atoms with Crippen LogP contribution in [0.15, 0.2) is 54.7 Å². The lowest BCUT2D eigenvalue weighted by atomic mass is 9.84. The number of rotatable bonds is 0. The number of benzene rings is 2. The number of pyridine rings is 1. The van der Waals surface area contributed by atoms with Gasteiger partial charge in [-0.25, -0.2) is 15.0 Å². The lowest BCUT2D eigenvalue weighted by Gasteiger charge is -2.20. The van der Waals surface area contributed by atoms with Crippen molar-refractivity contribution in [3.05, 3.63) is 66.0 Å². The molecule has 0 aliphatic heterocycles. The van der Waals surface area contributed by atoms with Crippen molar-refractivity contribution in [2.24, 2.45) is 0 Å². The molecule has 0 unspecified atom stereocenters. The fraction of sp³-hybridized carbons (Fsp3) is 0.150. The predicted octanol–water partition coefficient (Wildman–Crippen LogP) is 4.48. The van der Waals surface area contributed by atoms with Crippen LogP contribution in [-0.4, -0.2) is 15.0 Å². The van der Waals surface area contributed by atoms with Crippen LogP contribution in [0.1, 0.15) is 25.1 Å². The topological polar surface area (TPSA) is 38.7 Å². The smallest absolute Gasteiger partial charge is 0.178 e. The lowest BCUT2D eigenvalue weighted by Crippen LogP contribution is -2.17. The molecule has 1 aliphatic carbocycles. The maximum Gasteiger partial charge on any atom is 0.178 e. The van der Waals surface area contributed by atoms with Crippen LogP contribution in [0, 0.1) is 0 Å². The normalized spacial score (nSPS) is 14.9. The van der Waals surface area contributed by atoms with Crippen molar-refractivity contribution in [2.45, 2.75) is 19.3 Å². The van der Waals surface area contributed by atoms with E-state index in [0.717, 1.165) is 16.9 Å². The van der Waals surface area contributed by atoms with E-state index in [4.69, 9.17) is 9.97 Å². The van der Waals surface area contributed by atoms with Gasteiger partial charge in [0.1, 0.15) is 5.52 Å². The summed E-state index contributed by atoms with van der Waals surface area (Å²) in [4.78, 5) is 14.2. The standard InChI is InChI=1S/C20H15N3/c1-20(2)14-10-9-12-6-3-4-7-13(12)16(14)17-18(20)22-15-8-5-11-21-19(15)23-17/h3-11H,1-2H3. The minimum Gasteiger partial charge on any atom is -0.246 e. The Morgan fingerprint density at radius 3 is 2.65 bits per heavy atom. The molecule has 0 amide bonds. The average molecular weight is 297 g/mol. The summed E-state index contributed by atoms with van der Waals surface area (Å²) in [5.74, 6) is 0. The Kier molecular flexibility index (Phi) is 2.28. The van der Waals surface area contributed by atoms with Crippen LogP contribution in [0.5, 0.6) is 0 Å². The largest absolute Gasteiger partial charge is 0.246 e. The molecular formula is C20H15N3. The van der Waals surface area contributed by atoms with Gasteiger partial charge in [0.2, 0.25) is 0 Å². The lowest BCUT2D eigenvalue weighted by molar-refractivity contribution is 0.638. The second-order valence-corrected chi connectivity index (χ2v) is 6.60. The van der Waals surface area contributed by atoms with E-state index in [1.165, 1.54) is 21.9 Å². The average Bonchev–Trinajstić information content (AvgIpc) is 2.81. The summed E-state index contributed by atoms with van der Waals surface area (Å²) in [6.45, 7) is 4.45. The van der Waals surface area contributed by atoms with Gasteiger partial charge in [-0.2, -0.15) is 0 Å². The summed E-state index contributed by atoms with van der Waals surface area (Å²) in [5.41, 5.74) is 5.95. The zero-order valence-corrected chi connectivity index (χ0v) is 13.0. The third-order valence-corrected chi connectivity index (χ3v) is 4.87. The van der Waals surface area contributed by atoms with Gasteiger partial charge in [0, 0.05) is 17.2 Å². The molecular weight excluding hydrogens is 282 g/mol. The maximum absolute atomic E-state index is 4.91. The van der Waals surface area contributed by atoms with Gasteiger partial charge in [0.25, 0.3) is 0 Å². The summed E-state index contributed by atoms with van der Waals surface area (Å²) >= 11 is 0. The SMILES string of the molecule is CC1(C)c2ccc3ccccc3c2-c2nc3ncccc3nc21. The quantitative estimate of drug-likeness (QED) is 0.480. The van der Waals surface area contributed by atoms with Gasteiger partial charge >= 0.3 is 0 Å². The fourth-order valence-corrected chi connectivity index (χ4v) is 3.68. The van der Waals surface area contributed by atoms with Crippen LogP contribution >= 0.6 is 0 Å². The van der Waals surface area contributed by atoms with Crippen LogP contribution in [0.2, 0.25) is 0 Å². The van der Waals surface area contributed by atoms with E-state index < -0.39 is 0 Å². The number of fused-ring (bicyclic) bond motifs is 6. The Morgan fingerprint density at radius 2 is 1.74 bits per heavy atom. The van der Waals surface area contributed by atoms with Crippen LogP contribution in [-0.2, 0) is 5.41 Å². The Morgan fingerprint density at radius 1 is 0.870 bits per heavy atom. The first-order valence-corrected chi connectivity index (χ1v) is 7.82. The Hall–Kier alpha value is -2.81. The zero-order valence-electron chi connectivity index (χ0n) is 13.0. The monoisotopic (exact) mass is 297 g/mol. The Balaban J connectivity index is 1.99. The molecule has 0 atom stereocenters. The molecule has 2 aromatic heterocycles. The Bertz CT molecular complexity index is 1100. The van der Waals surface area contributed by atoms with Crippen molar-refractivity contribution in [3.8, 4) is 11.3 Å². The maximum atomic E-state index is 4.91. The number of hydrogen-bond donors (Lipinski definition) is 0.